The van der Waals surface area contributed by atoms with E-state index >= 15 is 0 Å². The second-order valence-corrected chi connectivity index (χ2v) is 5.12. The zero-order valence-corrected chi connectivity index (χ0v) is 11.5. The van der Waals surface area contributed by atoms with Gasteiger partial charge in [-0.1, -0.05) is 24.3 Å². The summed E-state index contributed by atoms with van der Waals surface area (Å²) in [5, 5.41) is 0.932. The summed E-state index contributed by atoms with van der Waals surface area (Å²) in [6.45, 7) is 3.94. The van der Waals surface area contributed by atoms with Crippen LogP contribution in [-0.2, 0) is 0 Å². The molecule has 0 amide bonds. The maximum Gasteiger partial charge on any atom is 0.197 e. The minimum atomic E-state index is -0.0405. The number of hydrogen-bond donors (Lipinski definition) is 2. The lowest BCUT2D eigenvalue weighted by Gasteiger charge is -2.06. The van der Waals surface area contributed by atoms with E-state index in [1.54, 1.807) is 12.3 Å². The molecule has 1 heterocycles. The van der Waals surface area contributed by atoms with Gasteiger partial charge < -0.3 is 10.7 Å². The van der Waals surface area contributed by atoms with Crippen LogP contribution in [0.15, 0.2) is 42.6 Å². The Kier molecular flexibility index (Phi) is 2.83. The van der Waals surface area contributed by atoms with Gasteiger partial charge in [-0.15, -0.1) is 0 Å². The topological polar surface area (TPSA) is 58.9 Å². The van der Waals surface area contributed by atoms with Gasteiger partial charge in [0.15, 0.2) is 5.78 Å². The number of nitrogens with two attached hydrogens (primary N) is 1. The van der Waals surface area contributed by atoms with E-state index in [0.717, 1.165) is 22.0 Å². The molecule has 0 spiro atoms. The van der Waals surface area contributed by atoms with Crippen molar-refractivity contribution in [3.8, 4) is 0 Å². The van der Waals surface area contributed by atoms with Gasteiger partial charge in [0.25, 0.3) is 0 Å². The number of H-pyrrole nitrogens is 1. The van der Waals surface area contributed by atoms with Crippen molar-refractivity contribution in [2.24, 2.45) is 0 Å². The van der Waals surface area contributed by atoms with Crippen LogP contribution >= 0.6 is 0 Å². The monoisotopic (exact) mass is 264 g/mol. The zero-order valence-electron chi connectivity index (χ0n) is 11.5. The summed E-state index contributed by atoms with van der Waals surface area (Å²) < 4.78 is 0. The quantitative estimate of drug-likeness (QED) is 0.549. The van der Waals surface area contributed by atoms with E-state index in [-0.39, 0.29) is 5.78 Å². The van der Waals surface area contributed by atoms with Crippen LogP contribution in [0.3, 0.4) is 0 Å². The molecule has 3 heteroatoms. The molecule has 3 rings (SSSR count). The third kappa shape index (κ3) is 1.88. The van der Waals surface area contributed by atoms with Crippen LogP contribution in [0.4, 0.5) is 5.69 Å². The van der Waals surface area contributed by atoms with Crippen LogP contribution in [0.2, 0.25) is 0 Å². The van der Waals surface area contributed by atoms with Crippen LogP contribution in [0.1, 0.15) is 27.0 Å². The minimum Gasteiger partial charge on any atom is -0.398 e. The molecule has 0 fully saturated rings. The number of rotatable bonds is 2. The maximum atomic E-state index is 12.7. The standard InChI is InChI=1S/C17H16N2O/c1-10-6-7-12-14(9-19-15(12)8-10)17(20)13-5-3-4-11(2)16(13)18/h3-9,19H,18H2,1-2H3. The molecular weight excluding hydrogens is 248 g/mol. The normalized spacial score (nSPS) is 10.9. The number of aromatic amines is 1. The molecule has 3 aromatic rings. The van der Waals surface area contributed by atoms with Crippen molar-refractivity contribution in [2.45, 2.75) is 13.8 Å². The van der Waals surface area contributed by atoms with E-state index < -0.39 is 0 Å². The fourth-order valence-electron chi connectivity index (χ4n) is 2.45. The molecule has 2 aromatic carbocycles. The van der Waals surface area contributed by atoms with E-state index in [1.165, 1.54) is 0 Å². The molecule has 0 aliphatic rings. The molecule has 3 nitrogen and oxygen atoms in total. The lowest BCUT2D eigenvalue weighted by Crippen LogP contribution is -2.06. The smallest absolute Gasteiger partial charge is 0.197 e. The van der Waals surface area contributed by atoms with Gasteiger partial charge in [-0.05, 0) is 37.1 Å². The van der Waals surface area contributed by atoms with E-state index in [4.69, 9.17) is 5.73 Å². The van der Waals surface area contributed by atoms with Crippen molar-refractivity contribution in [1.29, 1.82) is 0 Å². The molecule has 3 N–H and O–H groups in total. The summed E-state index contributed by atoms with van der Waals surface area (Å²) in [4.78, 5) is 15.8. The molecule has 100 valence electrons. The molecule has 0 unspecified atom stereocenters. The second kappa shape index (κ2) is 4.53. The van der Waals surface area contributed by atoms with Crippen LogP contribution in [-0.4, -0.2) is 10.8 Å². The highest BCUT2D eigenvalue weighted by Crippen LogP contribution is 2.25. The highest BCUT2D eigenvalue weighted by molar-refractivity contribution is 6.18. The lowest BCUT2D eigenvalue weighted by atomic mass is 9.99. The first-order valence-electron chi connectivity index (χ1n) is 6.55. The van der Waals surface area contributed by atoms with Crippen molar-refractivity contribution in [1.82, 2.24) is 4.98 Å². The van der Waals surface area contributed by atoms with Gasteiger partial charge in [-0.25, -0.2) is 0 Å². The van der Waals surface area contributed by atoms with Crippen LogP contribution < -0.4 is 5.73 Å². The number of nitrogens with one attached hydrogen (secondary N) is 1. The molecule has 20 heavy (non-hydrogen) atoms. The Bertz CT molecular complexity index is 815. The average molecular weight is 264 g/mol. The van der Waals surface area contributed by atoms with Gasteiger partial charge in [-0.3, -0.25) is 4.79 Å². The van der Waals surface area contributed by atoms with E-state index in [2.05, 4.69) is 4.98 Å². The Labute approximate surface area is 117 Å². The van der Waals surface area contributed by atoms with Crippen molar-refractivity contribution in [3.63, 3.8) is 0 Å². The first-order valence-corrected chi connectivity index (χ1v) is 6.55. The van der Waals surface area contributed by atoms with Crippen molar-refractivity contribution in [3.05, 3.63) is 64.8 Å². The number of carbonyl (C=O) groups is 1. The third-order valence-corrected chi connectivity index (χ3v) is 3.65. The SMILES string of the molecule is Cc1ccc2c(C(=O)c3cccc(C)c3N)c[nH]c2c1. The van der Waals surface area contributed by atoms with Crippen molar-refractivity contribution >= 4 is 22.4 Å². The summed E-state index contributed by atoms with van der Waals surface area (Å²) in [6, 6.07) is 11.6. The minimum absolute atomic E-state index is 0.0405. The highest BCUT2D eigenvalue weighted by Gasteiger charge is 2.17. The lowest BCUT2D eigenvalue weighted by molar-refractivity contribution is 0.104. The number of hydrogen-bond acceptors (Lipinski definition) is 2. The molecule has 0 atom stereocenters. The summed E-state index contributed by atoms with van der Waals surface area (Å²) in [6.07, 6.45) is 1.76. The zero-order chi connectivity index (χ0) is 14.3. The third-order valence-electron chi connectivity index (χ3n) is 3.65. The second-order valence-electron chi connectivity index (χ2n) is 5.12. The number of anilines is 1. The molecule has 0 radical (unpaired) electrons. The predicted molar refractivity (Wildman–Crippen MR) is 82.1 cm³/mol. The number of aromatic nitrogens is 1. The van der Waals surface area contributed by atoms with E-state index in [9.17, 15) is 4.79 Å². The Morgan fingerprint density at radius 2 is 1.90 bits per heavy atom. The number of para-hydroxylation sites is 1. The molecule has 0 saturated carbocycles. The number of fused-ring (bicyclic) bond motifs is 1. The number of carbonyl (C=O) groups excluding carboxylic acids is 1. The van der Waals surface area contributed by atoms with Crippen molar-refractivity contribution < 1.29 is 4.79 Å². The summed E-state index contributed by atoms with van der Waals surface area (Å²) in [5.74, 6) is -0.0405. The number of aryl methyl sites for hydroxylation is 2. The van der Waals surface area contributed by atoms with Crippen LogP contribution in [0, 0.1) is 13.8 Å². The van der Waals surface area contributed by atoms with Gasteiger partial charge in [-0.2, -0.15) is 0 Å². The van der Waals surface area contributed by atoms with Gasteiger partial charge in [0, 0.05) is 33.9 Å². The van der Waals surface area contributed by atoms with E-state index in [1.807, 2.05) is 44.2 Å². The molecule has 0 bridgehead atoms. The van der Waals surface area contributed by atoms with Gasteiger partial charge in [0.1, 0.15) is 0 Å². The first kappa shape index (κ1) is 12.5. The summed E-state index contributed by atoms with van der Waals surface area (Å²) in [7, 11) is 0. The summed E-state index contributed by atoms with van der Waals surface area (Å²) >= 11 is 0. The fraction of sp³-hybridized carbons (Fsp3) is 0.118. The molecular formula is C17H16N2O. The predicted octanol–water partition coefficient (Wildman–Crippen LogP) is 3.60. The fourth-order valence-corrected chi connectivity index (χ4v) is 2.45. The summed E-state index contributed by atoms with van der Waals surface area (Å²) in [5.41, 5.74) is 10.9. The molecule has 1 aromatic heterocycles. The maximum absolute atomic E-state index is 12.7. The number of nitrogen functional groups attached to an aromatic ring is 1. The van der Waals surface area contributed by atoms with Crippen LogP contribution in [0.5, 0.6) is 0 Å². The van der Waals surface area contributed by atoms with Gasteiger partial charge in [0.05, 0.1) is 0 Å². The Morgan fingerprint density at radius 1 is 1.10 bits per heavy atom. The average Bonchev–Trinajstić information content (AvgIpc) is 2.84. The van der Waals surface area contributed by atoms with Gasteiger partial charge >= 0.3 is 0 Å². The van der Waals surface area contributed by atoms with Crippen molar-refractivity contribution in [2.75, 3.05) is 5.73 Å². The largest absolute Gasteiger partial charge is 0.398 e. The van der Waals surface area contributed by atoms with E-state index in [0.29, 0.717) is 16.8 Å². The molecule has 0 saturated heterocycles. The molecule has 0 aliphatic carbocycles. The van der Waals surface area contributed by atoms with Crippen LogP contribution in [0.25, 0.3) is 10.9 Å². The Balaban J connectivity index is 2.16. The number of benzene rings is 2. The first-order chi connectivity index (χ1) is 9.58. The van der Waals surface area contributed by atoms with Gasteiger partial charge in [0.2, 0.25) is 0 Å². The highest BCUT2D eigenvalue weighted by atomic mass is 16.1. The Hall–Kier alpha value is -2.55. The Morgan fingerprint density at radius 3 is 2.70 bits per heavy atom. The molecule has 0 aliphatic heterocycles. The number of ketones is 1.